The molecule has 3 rings (SSSR count). The van der Waals surface area contributed by atoms with E-state index in [9.17, 15) is 9.59 Å². The molecule has 1 aromatic heterocycles. The van der Waals surface area contributed by atoms with Gasteiger partial charge in [-0.3, -0.25) is 14.5 Å². The highest BCUT2D eigenvalue weighted by atomic mass is 16.5. The standard InChI is InChI=1S/C17H19N3O3/c1-3-7-14-18-13(19-23-14)11-20-15(21)10-17(2,16(20)22)12-8-5-4-6-9-12/h4-6,8-9H,3,7,10-11H2,1-2H3. The molecule has 6 heteroatoms. The van der Waals surface area contributed by atoms with Crippen molar-refractivity contribution in [1.29, 1.82) is 0 Å². The monoisotopic (exact) mass is 313 g/mol. The molecule has 1 fully saturated rings. The van der Waals surface area contributed by atoms with Crippen LogP contribution in [0.5, 0.6) is 0 Å². The second-order valence-electron chi connectivity index (χ2n) is 6.01. The maximum atomic E-state index is 12.8. The van der Waals surface area contributed by atoms with Gasteiger partial charge in [-0.15, -0.1) is 0 Å². The van der Waals surface area contributed by atoms with Gasteiger partial charge in [-0.2, -0.15) is 4.98 Å². The molecule has 0 radical (unpaired) electrons. The first-order chi connectivity index (χ1) is 11.0. The lowest BCUT2D eigenvalue weighted by Gasteiger charge is -2.22. The van der Waals surface area contributed by atoms with Gasteiger partial charge in [0.2, 0.25) is 17.7 Å². The van der Waals surface area contributed by atoms with Crippen molar-refractivity contribution in [3.8, 4) is 0 Å². The second-order valence-corrected chi connectivity index (χ2v) is 6.01. The van der Waals surface area contributed by atoms with Gasteiger partial charge in [0.05, 0.1) is 12.0 Å². The highest BCUT2D eigenvalue weighted by molar-refractivity contribution is 6.08. The van der Waals surface area contributed by atoms with Crippen LogP contribution in [0.1, 0.15) is 44.0 Å². The fourth-order valence-corrected chi connectivity index (χ4v) is 2.89. The van der Waals surface area contributed by atoms with Crippen LogP contribution >= 0.6 is 0 Å². The van der Waals surface area contributed by atoms with Gasteiger partial charge in [0.15, 0.2) is 5.82 Å². The Bertz CT molecular complexity index is 726. The summed E-state index contributed by atoms with van der Waals surface area (Å²) in [6.07, 6.45) is 1.75. The average molecular weight is 313 g/mol. The van der Waals surface area contributed by atoms with Crippen molar-refractivity contribution in [3.05, 3.63) is 47.6 Å². The lowest BCUT2D eigenvalue weighted by atomic mass is 9.81. The quantitative estimate of drug-likeness (QED) is 0.791. The molecule has 1 atom stereocenters. The fraction of sp³-hybridized carbons (Fsp3) is 0.412. The molecule has 1 aliphatic rings. The van der Waals surface area contributed by atoms with Crippen LogP contribution in [-0.4, -0.2) is 26.9 Å². The molecule has 0 bridgehead atoms. The minimum Gasteiger partial charge on any atom is -0.339 e. The number of carbonyl (C=O) groups excluding carboxylic acids is 2. The zero-order valence-corrected chi connectivity index (χ0v) is 13.3. The minimum atomic E-state index is -0.825. The van der Waals surface area contributed by atoms with Crippen molar-refractivity contribution in [2.24, 2.45) is 0 Å². The normalized spacial score (nSPS) is 21.2. The molecule has 120 valence electrons. The molecule has 0 N–H and O–H groups in total. The van der Waals surface area contributed by atoms with E-state index in [-0.39, 0.29) is 24.8 Å². The van der Waals surface area contributed by atoms with Crippen molar-refractivity contribution < 1.29 is 14.1 Å². The van der Waals surface area contributed by atoms with Gasteiger partial charge in [-0.1, -0.05) is 42.4 Å². The summed E-state index contributed by atoms with van der Waals surface area (Å²) in [7, 11) is 0. The Morgan fingerprint density at radius 2 is 2.00 bits per heavy atom. The molecule has 2 amide bonds. The molecule has 2 aromatic rings. The third-order valence-electron chi connectivity index (χ3n) is 4.21. The predicted molar refractivity (Wildman–Crippen MR) is 82.3 cm³/mol. The van der Waals surface area contributed by atoms with E-state index in [2.05, 4.69) is 10.1 Å². The lowest BCUT2D eigenvalue weighted by molar-refractivity contribution is -0.140. The van der Waals surface area contributed by atoms with Crippen LogP contribution in [0.4, 0.5) is 0 Å². The number of aromatic nitrogens is 2. The fourth-order valence-electron chi connectivity index (χ4n) is 2.89. The topological polar surface area (TPSA) is 76.3 Å². The van der Waals surface area contributed by atoms with Gasteiger partial charge in [0, 0.05) is 12.8 Å². The lowest BCUT2D eigenvalue weighted by Crippen LogP contribution is -2.36. The molecular weight excluding hydrogens is 294 g/mol. The van der Waals surface area contributed by atoms with Gasteiger partial charge < -0.3 is 4.52 Å². The van der Waals surface area contributed by atoms with Crippen molar-refractivity contribution >= 4 is 11.8 Å². The van der Waals surface area contributed by atoms with Gasteiger partial charge in [-0.25, -0.2) is 0 Å². The molecule has 0 aliphatic carbocycles. The van der Waals surface area contributed by atoms with Crippen LogP contribution in [0.15, 0.2) is 34.9 Å². The van der Waals surface area contributed by atoms with Crippen LogP contribution < -0.4 is 0 Å². The summed E-state index contributed by atoms with van der Waals surface area (Å²) >= 11 is 0. The SMILES string of the molecule is CCCc1nc(CN2C(=O)CC(C)(c3ccccc3)C2=O)no1. The molecule has 1 unspecified atom stereocenters. The van der Waals surface area contributed by atoms with Crippen molar-refractivity contribution in [2.45, 2.75) is 45.1 Å². The number of hydrogen-bond donors (Lipinski definition) is 0. The summed E-state index contributed by atoms with van der Waals surface area (Å²) in [5.41, 5.74) is 0.0227. The number of aryl methyl sites for hydroxylation is 1. The number of likely N-dealkylation sites (tertiary alicyclic amines) is 1. The molecule has 23 heavy (non-hydrogen) atoms. The number of nitrogens with zero attached hydrogens (tertiary/aromatic N) is 3. The Morgan fingerprint density at radius 1 is 1.26 bits per heavy atom. The van der Waals surface area contributed by atoms with Crippen molar-refractivity contribution in [3.63, 3.8) is 0 Å². The summed E-state index contributed by atoms with van der Waals surface area (Å²) < 4.78 is 5.11. The molecule has 1 aromatic carbocycles. The van der Waals surface area contributed by atoms with E-state index in [0.29, 0.717) is 18.1 Å². The zero-order chi connectivity index (χ0) is 16.4. The van der Waals surface area contributed by atoms with Crippen molar-refractivity contribution in [2.75, 3.05) is 0 Å². The Labute approximate surface area is 134 Å². The first kappa shape index (κ1) is 15.4. The first-order valence-electron chi connectivity index (χ1n) is 7.76. The highest BCUT2D eigenvalue weighted by Gasteiger charge is 2.49. The summed E-state index contributed by atoms with van der Waals surface area (Å²) in [5, 5.41) is 3.86. The summed E-state index contributed by atoms with van der Waals surface area (Å²) in [6, 6.07) is 9.39. The van der Waals surface area contributed by atoms with E-state index in [1.165, 1.54) is 4.90 Å². The number of carbonyl (C=O) groups is 2. The van der Waals surface area contributed by atoms with Gasteiger partial charge in [0.1, 0.15) is 0 Å². The summed E-state index contributed by atoms with van der Waals surface area (Å²) in [4.78, 5) is 30.6. The minimum absolute atomic E-state index is 0.0628. The number of amides is 2. The Morgan fingerprint density at radius 3 is 2.70 bits per heavy atom. The van der Waals surface area contributed by atoms with Crippen molar-refractivity contribution in [1.82, 2.24) is 15.0 Å². The summed E-state index contributed by atoms with van der Waals surface area (Å²) in [6.45, 7) is 3.89. The van der Waals surface area contributed by atoms with Crippen LogP contribution in [-0.2, 0) is 28.0 Å². The van der Waals surface area contributed by atoms with Crippen LogP contribution in [0.3, 0.4) is 0 Å². The molecular formula is C17H19N3O3. The van der Waals surface area contributed by atoms with E-state index in [0.717, 1.165) is 12.0 Å². The molecule has 2 heterocycles. The molecule has 6 nitrogen and oxygen atoms in total. The predicted octanol–water partition coefficient (Wildman–Crippen LogP) is 2.24. The van der Waals surface area contributed by atoms with E-state index in [1.807, 2.05) is 37.3 Å². The first-order valence-corrected chi connectivity index (χ1v) is 7.76. The Kier molecular flexibility index (Phi) is 3.98. The molecule has 1 saturated heterocycles. The third-order valence-corrected chi connectivity index (χ3v) is 4.21. The average Bonchev–Trinajstić information content (AvgIpc) is 3.08. The van der Waals surface area contributed by atoms with Crippen LogP contribution in [0, 0.1) is 0 Å². The zero-order valence-electron chi connectivity index (χ0n) is 13.3. The number of imide groups is 1. The smallest absolute Gasteiger partial charge is 0.240 e. The maximum absolute atomic E-state index is 12.8. The number of rotatable bonds is 5. The van der Waals surface area contributed by atoms with Crippen LogP contribution in [0.2, 0.25) is 0 Å². The molecule has 1 aliphatic heterocycles. The maximum Gasteiger partial charge on any atom is 0.240 e. The Balaban J connectivity index is 1.81. The number of hydrogen-bond acceptors (Lipinski definition) is 5. The van der Waals surface area contributed by atoms with E-state index >= 15 is 0 Å². The number of benzene rings is 1. The summed E-state index contributed by atoms with van der Waals surface area (Å²) in [5.74, 6) is 0.485. The highest BCUT2D eigenvalue weighted by Crippen LogP contribution is 2.36. The van der Waals surface area contributed by atoms with Gasteiger partial charge in [0.25, 0.3) is 0 Å². The van der Waals surface area contributed by atoms with Crippen LogP contribution in [0.25, 0.3) is 0 Å². The molecule has 0 spiro atoms. The van der Waals surface area contributed by atoms with E-state index in [4.69, 9.17) is 4.52 Å². The van der Waals surface area contributed by atoms with E-state index in [1.54, 1.807) is 6.92 Å². The largest absolute Gasteiger partial charge is 0.339 e. The van der Waals surface area contributed by atoms with E-state index < -0.39 is 5.41 Å². The second kappa shape index (κ2) is 5.95. The molecule has 0 saturated carbocycles. The van der Waals surface area contributed by atoms with Gasteiger partial charge in [-0.05, 0) is 18.9 Å². The third kappa shape index (κ3) is 2.76. The Hall–Kier alpha value is -2.50. The van der Waals surface area contributed by atoms with Gasteiger partial charge >= 0.3 is 0 Å².